The van der Waals surface area contributed by atoms with Gasteiger partial charge >= 0.3 is 0 Å². The van der Waals surface area contributed by atoms with E-state index in [0.717, 1.165) is 47.2 Å². The molecule has 0 bridgehead atoms. The number of likely N-dealkylation sites (N-methyl/N-ethyl adjacent to an activating group) is 1. The molecule has 0 amide bonds. The van der Waals surface area contributed by atoms with Crippen molar-refractivity contribution in [3.05, 3.63) is 52.0 Å². The molecule has 0 spiro atoms. The Bertz CT molecular complexity index is 560. The molecule has 1 aromatic heterocycles. The fraction of sp³-hybridized carbons (Fsp3) is 0.438. The molecule has 0 saturated carbocycles. The average Bonchev–Trinajstić information content (AvgIpc) is 2.86. The Balaban J connectivity index is 2.03. The second-order valence-corrected chi connectivity index (χ2v) is 5.97. The Kier molecular flexibility index (Phi) is 6.09. The summed E-state index contributed by atoms with van der Waals surface area (Å²) in [4.78, 5) is 4.37. The molecule has 0 fully saturated rings. The van der Waals surface area contributed by atoms with Gasteiger partial charge in [0.05, 0.1) is 0 Å². The third-order valence-electron chi connectivity index (χ3n) is 3.64. The highest BCUT2D eigenvalue weighted by Gasteiger charge is 2.14. The number of rotatable bonds is 7. The first-order chi connectivity index (χ1) is 10.1. The van der Waals surface area contributed by atoms with E-state index in [-0.39, 0.29) is 0 Å². The van der Waals surface area contributed by atoms with E-state index in [4.69, 9.17) is 23.2 Å². The Hall–Kier alpha value is -1.03. The maximum absolute atomic E-state index is 6.27. The quantitative estimate of drug-likeness (QED) is 0.837. The van der Waals surface area contributed by atoms with Gasteiger partial charge in [-0.2, -0.15) is 0 Å². The summed E-state index contributed by atoms with van der Waals surface area (Å²) >= 11 is 12.5. The molecule has 1 N–H and O–H groups in total. The summed E-state index contributed by atoms with van der Waals surface area (Å²) in [5, 5.41) is 4.99. The number of hydrogen-bond donors (Lipinski definition) is 1. The number of halogens is 2. The van der Waals surface area contributed by atoms with Crippen LogP contribution in [0.15, 0.2) is 30.6 Å². The first-order valence-electron chi connectivity index (χ1n) is 7.24. The molecule has 0 aliphatic heterocycles. The third-order valence-corrected chi connectivity index (χ3v) is 4.35. The van der Waals surface area contributed by atoms with Crippen LogP contribution in [0.5, 0.6) is 0 Å². The fourth-order valence-corrected chi connectivity index (χ4v) is 3.03. The number of nitrogens with zero attached hydrogens (tertiary/aromatic N) is 2. The van der Waals surface area contributed by atoms with Gasteiger partial charge in [0.2, 0.25) is 0 Å². The summed E-state index contributed by atoms with van der Waals surface area (Å²) < 4.78 is 2.06. The molecule has 0 aliphatic carbocycles. The average molecular weight is 326 g/mol. The van der Waals surface area contributed by atoms with Crippen LogP contribution in [0.4, 0.5) is 0 Å². The maximum Gasteiger partial charge on any atom is 0.108 e. The first kappa shape index (κ1) is 16.3. The lowest BCUT2D eigenvalue weighted by atomic mass is 10.0. The zero-order valence-corrected chi connectivity index (χ0v) is 14.0. The monoisotopic (exact) mass is 325 g/mol. The highest BCUT2D eigenvalue weighted by Crippen LogP contribution is 2.26. The topological polar surface area (TPSA) is 29.9 Å². The second-order valence-electron chi connectivity index (χ2n) is 5.15. The van der Waals surface area contributed by atoms with Gasteiger partial charge in [-0.15, -0.1) is 0 Å². The van der Waals surface area contributed by atoms with E-state index in [1.807, 2.05) is 37.6 Å². The van der Waals surface area contributed by atoms with Crippen LogP contribution in [-0.2, 0) is 19.9 Å². The van der Waals surface area contributed by atoms with Crippen molar-refractivity contribution in [1.29, 1.82) is 0 Å². The fourth-order valence-electron chi connectivity index (χ4n) is 2.48. The molecule has 0 radical (unpaired) electrons. The largest absolute Gasteiger partial charge is 0.338 e. The summed E-state index contributed by atoms with van der Waals surface area (Å²) in [5.74, 6) is 1.10. The number of imidazole rings is 1. The molecule has 1 aromatic carbocycles. The Morgan fingerprint density at radius 3 is 2.57 bits per heavy atom. The van der Waals surface area contributed by atoms with E-state index in [1.54, 1.807) is 0 Å². The minimum absolute atomic E-state index is 0.337. The molecule has 3 nitrogen and oxygen atoms in total. The van der Waals surface area contributed by atoms with Crippen LogP contribution >= 0.6 is 23.2 Å². The van der Waals surface area contributed by atoms with Gasteiger partial charge in [-0.1, -0.05) is 36.2 Å². The maximum atomic E-state index is 6.27. The van der Waals surface area contributed by atoms with Crippen LogP contribution in [0.3, 0.4) is 0 Å². The zero-order chi connectivity index (χ0) is 15.2. The lowest BCUT2D eigenvalue weighted by Gasteiger charge is -2.19. The van der Waals surface area contributed by atoms with E-state index in [2.05, 4.69) is 21.8 Å². The minimum Gasteiger partial charge on any atom is -0.338 e. The summed E-state index contributed by atoms with van der Waals surface area (Å²) in [5.41, 5.74) is 1.02. The number of benzene rings is 1. The van der Waals surface area contributed by atoms with Crippen molar-refractivity contribution in [3.63, 3.8) is 0 Å². The van der Waals surface area contributed by atoms with Crippen molar-refractivity contribution in [1.82, 2.24) is 14.9 Å². The van der Waals surface area contributed by atoms with E-state index >= 15 is 0 Å². The molecule has 2 rings (SSSR count). The van der Waals surface area contributed by atoms with E-state index < -0.39 is 0 Å². The van der Waals surface area contributed by atoms with Gasteiger partial charge in [0.15, 0.2) is 0 Å². The highest BCUT2D eigenvalue weighted by atomic mass is 35.5. The van der Waals surface area contributed by atoms with Gasteiger partial charge in [0.1, 0.15) is 5.82 Å². The van der Waals surface area contributed by atoms with Gasteiger partial charge in [-0.3, -0.25) is 0 Å². The van der Waals surface area contributed by atoms with Crippen LogP contribution in [0.1, 0.15) is 24.7 Å². The van der Waals surface area contributed by atoms with Gasteiger partial charge < -0.3 is 9.88 Å². The minimum atomic E-state index is 0.337. The van der Waals surface area contributed by atoms with Crippen LogP contribution in [0, 0.1) is 0 Å². The van der Waals surface area contributed by atoms with Crippen molar-refractivity contribution in [3.8, 4) is 0 Å². The molecule has 1 atom stereocenters. The second kappa shape index (κ2) is 7.83. The smallest absolute Gasteiger partial charge is 0.108 e. The highest BCUT2D eigenvalue weighted by molar-refractivity contribution is 6.36. The lowest BCUT2D eigenvalue weighted by molar-refractivity contribution is 0.483. The van der Waals surface area contributed by atoms with E-state index in [1.165, 1.54) is 0 Å². The van der Waals surface area contributed by atoms with Gasteiger partial charge in [-0.25, -0.2) is 4.98 Å². The van der Waals surface area contributed by atoms with Crippen molar-refractivity contribution in [2.24, 2.45) is 7.05 Å². The van der Waals surface area contributed by atoms with Crippen LogP contribution in [0.25, 0.3) is 0 Å². The Morgan fingerprint density at radius 2 is 2.00 bits per heavy atom. The molecular formula is C16H21Cl2N3. The van der Waals surface area contributed by atoms with Crippen molar-refractivity contribution in [2.45, 2.75) is 32.2 Å². The standard InChI is InChI=1S/C16H21Cl2N3/c1-3-19-12(7-8-16-20-9-10-21(16)2)11-13-14(17)5-4-6-15(13)18/h4-6,9-10,12,19H,3,7-8,11H2,1-2H3. The Morgan fingerprint density at radius 1 is 1.29 bits per heavy atom. The van der Waals surface area contributed by atoms with E-state index in [0.29, 0.717) is 6.04 Å². The van der Waals surface area contributed by atoms with Crippen LogP contribution < -0.4 is 5.32 Å². The molecule has 0 aliphatic rings. The summed E-state index contributed by atoms with van der Waals surface area (Å²) in [6.07, 6.45) is 6.57. The van der Waals surface area contributed by atoms with Crippen LogP contribution in [0.2, 0.25) is 10.0 Å². The number of aromatic nitrogens is 2. The summed E-state index contributed by atoms with van der Waals surface area (Å²) in [6, 6.07) is 6.00. The number of hydrogen-bond acceptors (Lipinski definition) is 2. The lowest BCUT2D eigenvalue weighted by Crippen LogP contribution is -2.32. The van der Waals surface area contributed by atoms with Crippen LogP contribution in [-0.4, -0.2) is 22.1 Å². The molecule has 21 heavy (non-hydrogen) atoms. The van der Waals surface area contributed by atoms with Crippen molar-refractivity contribution < 1.29 is 0 Å². The molecule has 5 heteroatoms. The van der Waals surface area contributed by atoms with Crippen molar-refractivity contribution in [2.75, 3.05) is 6.54 Å². The first-order valence-corrected chi connectivity index (χ1v) is 8.00. The summed E-state index contributed by atoms with van der Waals surface area (Å²) in [7, 11) is 2.02. The predicted molar refractivity (Wildman–Crippen MR) is 89.2 cm³/mol. The molecular weight excluding hydrogens is 305 g/mol. The summed E-state index contributed by atoms with van der Waals surface area (Å²) in [6.45, 7) is 3.04. The molecule has 114 valence electrons. The Labute approximate surface area is 136 Å². The van der Waals surface area contributed by atoms with Crippen molar-refractivity contribution >= 4 is 23.2 Å². The SMILES string of the molecule is CCNC(CCc1nccn1C)Cc1c(Cl)cccc1Cl. The molecule has 1 heterocycles. The van der Waals surface area contributed by atoms with Gasteiger partial charge in [0, 0.05) is 41.9 Å². The molecule has 2 aromatic rings. The number of nitrogens with one attached hydrogen (secondary N) is 1. The van der Waals surface area contributed by atoms with Gasteiger partial charge in [-0.05, 0) is 37.1 Å². The molecule has 1 unspecified atom stereocenters. The normalized spacial score (nSPS) is 12.6. The number of aryl methyl sites for hydroxylation is 2. The third kappa shape index (κ3) is 4.47. The molecule has 0 saturated heterocycles. The van der Waals surface area contributed by atoms with Gasteiger partial charge in [0.25, 0.3) is 0 Å². The van der Waals surface area contributed by atoms with E-state index in [9.17, 15) is 0 Å². The zero-order valence-electron chi connectivity index (χ0n) is 12.4. The predicted octanol–water partition coefficient (Wildman–Crippen LogP) is 3.88.